The molecular weight excluding hydrogens is 160 g/mol. The van der Waals surface area contributed by atoms with Crippen LogP contribution < -0.4 is 0 Å². The average molecular weight is 174 g/mol. The molecule has 0 aliphatic carbocycles. The summed E-state index contributed by atoms with van der Waals surface area (Å²) in [6, 6.07) is 4.23. The minimum atomic E-state index is -0.257. The number of hydrogen-bond acceptors (Lipinski definition) is 2. The van der Waals surface area contributed by atoms with Crippen molar-refractivity contribution in [2.45, 2.75) is 25.7 Å². The molecule has 0 aliphatic rings. The Kier molecular flexibility index (Phi) is 5.32. The van der Waals surface area contributed by atoms with Crippen molar-refractivity contribution in [1.82, 2.24) is 0 Å². The van der Waals surface area contributed by atoms with E-state index in [9.17, 15) is 0 Å². The summed E-state index contributed by atoms with van der Waals surface area (Å²) < 4.78 is 0. The van der Waals surface area contributed by atoms with Crippen LogP contribution >= 0.6 is 0 Å². The molecule has 2 heteroatoms. The fourth-order valence-electron chi connectivity index (χ4n) is 1.38. The Labute approximate surface area is 79.8 Å². The molecule has 0 fully saturated rings. The molecule has 0 rings (SSSR count). The summed E-state index contributed by atoms with van der Waals surface area (Å²) in [5, 5.41) is 17.3. The Bertz CT molecular complexity index is 224. The van der Waals surface area contributed by atoms with Crippen LogP contribution in [0.2, 0.25) is 0 Å². The molecule has 0 aromatic heterocycles. The fourth-order valence-corrected chi connectivity index (χ4v) is 1.38. The summed E-state index contributed by atoms with van der Waals surface area (Å²) in [6.45, 7) is 7.28. The number of hydrogen-bond donors (Lipinski definition) is 0. The SMILES string of the molecule is C=CCC(CC#N)(CC#N)CC=C. The first-order valence-corrected chi connectivity index (χ1v) is 4.20. The zero-order chi connectivity index (χ0) is 10.2. The quantitative estimate of drug-likeness (QED) is 0.581. The molecule has 0 aromatic rings. The first-order chi connectivity index (χ1) is 6.24. The maximum absolute atomic E-state index is 8.65. The van der Waals surface area contributed by atoms with E-state index in [0.29, 0.717) is 25.7 Å². The number of nitriles is 2. The molecule has 0 radical (unpaired) electrons. The first kappa shape index (κ1) is 11.5. The maximum atomic E-state index is 8.65. The Morgan fingerprint density at radius 3 is 1.62 bits per heavy atom. The summed E-state index contributed by atoms with van der Waals surface area (Å²) in [7, 11) is 0. The van der Waals surface area contributed by atoms with Gasteiger partial charge in [-0.15, -0.1) is 13.2 Å². The van der Waals surface area contributed by atoms with Crippen LogP contribution in [0.4, 0.5) is 0 Å². The van der Waals surface area contributed by atoms with Gasteiger partial charge in [0.15, 0.2) is 0 Å². The topological polar surface area (TPSA) is 47.6 Å². The second kappa shape index (κ2) is 6.03. The van der Waals surface area contributed by atoms with Crippen molar-refractivity contribution in [2.24, 2.45) is 5.41 Å². The molecule has 0 N–H and O–H groups in total. The predicted molar refractivity (Wildman–Crippen MR) is 52.5 cm³/mol. The van der Waals surface area contributed by atoms with Crippen LogP contribution in [0.15, 0.2) is 25.3 Å². The molecule has 2 nitrogen and oxygen atoms in total. The lowest BCUT2D eigenvalue weighted by molar-refractivity contribution is 0.309. The van der Waals surface area contributed by atoms with E-state index in [0.717, 1.165) is 0 Å². The Balaban J connectivity index is 4.59. The van der Waals surface area contributed by atoms with Gasteiger partial charge in [-0.2, -0.15) is 10.5 Å². The molecule has 0 aliphatic heterocycles. The average Bonchev–Trinajstić information content (AvgIpc) is 2.06. The lowest BCUT2D eigenvalue weighted by Crippen LogP contribution is -2.18. The van der Waals surface area contributed by atoms with Crippen molar-refractivity contribution < 1.29 is 0 Å². The molecule has 13 heavy (non-hydrogen) atoms. The van der Waals surface area contributed by atoms with Crippen LogP contribution in [-0.2, 0) is 0 Å². The Morgan fingerprint density at radius 1 is 1.00 bits per heavy atom. The minimum Gasteiger partial charge on any atom is -0.198 e. The fraction of sp³-hybridized carbons (Fsp3) is 0.455. The summed E-state index contributed by atoms with van der Waals surface area (Å²) in [5.41, 5.74) is -0.257. The summed E-state index contributed by atoms with van der Waals surface area (Å²) in [6.07, 6.45) is 5.69. The molecular formula is C11H14N2. The summed E-state index contributed by atoms with van der Waals surface area (Å²) in [5.74, 6) is 0. The Morgan fingerprint density at radius 2 is 1.38 bits per heavy atom. The van der Waals surface area contributed by atoms with Gasteiger partial charge in [-0.05, 0) is 12.8 Å². The van der Waals surface area contributed by atoms with E-state index in [2.05, 4.69) is 25.3 Å². The summed E-state index contributed by atoms with van der Waals surface area (Å²) in [4.78, 5) is 0. The predicted octanol–water partition coefficient (Wildman–Crippen LogP) is 2.95. The number of nitrogens with zero attached hydrogens (tertiary/aromatic N) is 2. The summed E-state index contributed by atoms with van der Waals surface area (Å²) >= 11 is 0. The highest BCUT2D eigenvalue weighted by Crippen LogP contribution is 2.34. The van der Waals surface area contributed by atoms with E-state index in [1.165, 1.54) is 0 Å². The molecule has 0 aromatic carbocycles. The molecule has 0 unspecified atom stereocenters. The molecule has 0 bridgehead atoms. The molecule has 0 saturated heterocycles. The minimum absolute atomic E-state index is 0.257. The third-order valence-corrected chi connectivity index (χ3v) is 2.06. The number of allylic oxidation sites excluding steroid dienone is 2. The van der Waals surface area contributed by atoms with E-state index in [1.54, 1.807) is 12.2 Å². The van der Waals surface area contributed by atoms with Crippen molar-refractivity contribution in [3.8, 4) is 12.1 Å². The lowest BCUT2D eigenvalue weighted by Gasteiger charge is -2.25. The van der Waals surface area contributed by atoms with Gasteiger partial charge in [0.1, 0.15) is 0 Å². The molecule has 0 heterocycles. The second-order valence-electron chi connectivity index (χ2n) is 3.16. The van der Waals surface area contributed by atoms with Gasteiger partial charge in [-0.3, -0.25) is 0 Å². The molecule has 0 saturated carbocycles. The molecule has 0 spiro atoms. The smallest absolute Gasteiger partial charge is 0.0628 e. The highest BCUT2D eigenvalue weighted by Gasteiger charge is 2.26. The highest BCUT2D eigenvalue weighted by atomic mass is 14.4. The van der Waals surface area contributed by atoms with E-state index in [4.69, 9.17) is 10.5 Å². The van der Waals surface area contributed by atoms with Crippen LogP contribution in [0.25, 0.3) is 0 Å². The molecule has 0 amide bonds. The normalized spacial score (nSPS) is 9.69. The van der Waals surface area contributed by atoms with Gasteiger partial charge in [0.25, 0.3) is 0 Å². The van der Waals surface area contributed by atoms with E-state index < -0.39 is 0 Å². The molecule has 0 atom stereocenters. The van der Waals surface area contributed by atoms with E-state index in [-0.39, 0.29) is 5.41 Å². The van der Waals surface area contributed by atoms with Gasteiger partial charge in [-0.25, -0.2) is 0 Å². The largest absolute Gasteiger partial charge is 0.198 e. The van der Waals surface area contributed by atoms with Gasteiger partial charge in [-0.1, -0.05) is 12.2 Å². The van der Waals surface area contributed by atoms with Gasteiger partial charge < -0.3 is 0 Å². The van der Waals surface area contributed by atoms with Crippen molar-refractivity contribution in [1.29, 1.82) is 10.5 Å². The molecule has 68 valence electrons. The zero-order valence-electron chi connectivity index (χ0n) is 7.79. The van der Waals surface area contributed by atoms with Crippen molar-refractivity contribution in [3.63, 3.8) is 0 Å². The van der Waals surface area contributed by atoms with E-state index >= 15 is 0 Å². The van der Waals surface area contributed by atoms with Gasteiger partial charge in [0.2, 0.25) is 0 Å². The first-order valence-electron chi connectivity index (χ1n) is 4.20. The van der Waals surface area contributed by atoms with Crippen LogP contribution in [-0.4, -0.2) is 0 Å². The third kappa shape index (κ3) is 3.58. The van der Waals surface area contributed by atoms with Gasteiger partial charge in [0.05, 0.1) is 12.1 Å². The van der Waals surface area contributed by atoms with Crippen molar-refractivity contribution in [3.05, 3.63) is 25.3 Å². The van der Waals surface area contributed by atoms with Crippen LogP contribution in [0.5, 0.6) is 0 Å². The van der Waals surface area contributed by atoms with Crippen LogP contribution in [0.1, 0.15) is 25.7 Å². The zero-order valence-corrected chi connectivity index (χ0v) is 7.79. The van der Waals surface area contributed by atoms with Gasteiger partial charge in [0, 0.05) is 18.3 Å². The number of rotatable bonds is 6. The van der Waals surface area contributed by atoms with Crippen molar-refractivity contribution in [2.75, 3.05) is 0 Å². The van der Waals surface area contributed by atoms with Gasteiger partial charge >= 0.3 is 0 Å². The maximum Gasteiger partial charge on any atom is 0.0628 e. The third-order valence-electron chi connectivity index (χ3n) is 2.06. The highest BCUT2D eigenvalue weighted by molar-refractivity contribution is 5.00. The standard InChI is InChI=1S/C11H14N2/c1-3-5-11(6-4-2,7-9-12)8-10-13/h3-4H,1-2,5-8H2. The van der Waals surface area contributed by atoms with Crippen LogP contribution in [0.3, 0.4) is 0 Å². The van der Waals surface area contributed by atoms with Crippen LogP contribution in [0, 0.1) is 28.1 Å². The second-order valence-corrected chi connectivity index (χ2v) is 3.16. The Hall–Kier alpha value is -1.54. The van der Waals surface area contributed by atoms with Crippen molar-refractivity contribution >= 4 is 0 Å². The monoisotopic (exact) mass is 174 g/mol. The van der Waals surface area contributed by atoms with E-state index in [1.807, 2.05) is 0 Å². The lowest BCUT2D eigenvalue weighted by atomic mass is 9.76.